The second kappa shape index (κ2) is 9.42. The number of rotatable bonds is 6. The van der Waals surface area contributed by atoms with Crippen LogP contribution in [0.3, 0.4) is 0 Å². The van der Waals surface area contributed by atoms with Crippen molar-refractivity contribution in [1.82, 2.24) is 10.6 Å². The molecule has 158 valence electrons. The van der Waals surface area contributed by atoms with Crippen molar-refractivity contribution in [1.29, 1.82) is 0 Å². The van der Waals surface area contributed by atoms with Gasteiger partial charge in [-0.1, -0.05) is 38.0 Å². The number of nitrogens with zero attached hydrogens (tertiary/aromatic N) is 1. The minimum atomic E-state index is -0.610. The van der Waals surface area contributed by atoms with Gasteiger partial charge in [0.2, 0.25) is 17.7 Å². The zero-order valence-electron chi connectivity index (χ0n) is 17.7. The highest BCUT2D eigenvalue weighted by Gasteiger charge is 2.40. The number of benzene rings is 1. The first-order chi connectivity index (χ1) is 13.9. The van der Waals surface area contributed by atoms with Crippen molar-refractivity contribution in [3.05, 3.63) is 29.8 Å². The summed E-state index contributed by atoms with van der Waals surface area (Å²) in [6, 6.07) is 7.45. The van der Waals surface area contributed by atoms with Gasteiger partial charge in [0.1, 0.15) is 6.04 Å². The minimum Gasteiger partial charge on any atom is -0.352 e. The van der Waals surface area contributed by atoms with Gasteiger partial charge in [-0.3, -0.25) is 14.4 Å². The molecule has 1 fully saturated rings. The van der Waals surface area contributed by atoms with Gasteiger partial charge < -0.3 is 15.5 Å². The van der Waals surface area contributed by atoms with Crippen LogP contribution in [0.1, 0.15) is 58.4 Å². The summed E-state index contributed by atoms with van der Waals surface area (Å²) in [6.45, 7) is 6.32. The van der Waals surface area contributed by atoms with Crippen LogP contribution >= 0.6 is 0 Å². The first-order valence-corrected chi connectivity index (χ1v) is 10.9. The van der Waals surface area contributed by atoms with E-state index < -0.39 is 6.04 Å². The molecule has 4 atom stereocenters. The third-order valence-electron chi connectivity index (χ3n) is 6.33. The highest BCUT2D eigenvalue weighted by Crippen LogP contribution is 2.35. The van der Waals surface area contributed by atoms with E-state index in [-0.39, 0.29) is 35.6 Å². The van der Waals surface area contributed by atoms with Crippen LogP contribution in [0.2, 0.25) is 0 Å². The van der Waals surface area contributed by atoms with E-state index in [0.29, 0.717) is 13.0 Å². The Morgan fingerprint density at radius 2 is 1.76 bits per heavy atom. The number of carbonyl (C=O) groups excluding carboxylic acids is 3. The molecule has 1 aromatic carbocycles. The van der Waals surface area contributed by atoms with Crippen molar-refractivity contribution in [2.45, 2.75) is 71.4 Å². The van der Waals surface area contributed by atoms with Crippen molar-refractivity contribution in [2.24, 2.45) is 11.8 Å². The van der Waals surface area contributed by atoms with Gasteiger partial charge in [-0.05, 0) is 51.2 Å². The molecule has 0 bridgehead atoms. The fourth-order valence-corrected chi connectivity index (χ4v) is 4.36. The number of para-hydroxylation sites is 1. The molecule has 6 nitrogen and oxygen atoms in total. The first-order valence-electron chi connectivity index (χ1n) is 10.9. The SMILES string of the molecule is CCC(C)NC(=O)C(C)NC(=O)C1CCCCC1C(=O)N1CCc2ccccc21. The molecule has 0 radical (unpaired) electrons. The number of carbonyl (C=O) groups is 3. The van der Waals surface area contributed by atoms with Crippen LogP contribution < -0.4 is 15.5 Å². The fraction of sp³-hybridized carbons (Fsp3) is 0.609. The lowest BCUT2D eigenvalue weighted by Gasteiger charge is -2.33. The van der Waals surface area contributed by atoms with Gasteiger partial charge in [-0.25, -0.2) is 0 Å². The molecule has 0 saturated heterocycles. The highest BCUT2D eigenvalue weighted by molar-refractivity contribution is 6.00. The quantitative estimate of drug-likeness (QED) is 0.772. The first kappa shape index (κ1) is 21.3. The van der Waals surface area contributed by atoms with E-state index in [2.05, 4.69) is 16.7 Å². The Kier molecular flexibility index (Phi) is 6.93. The molecular formula is C23H33N3O3. The van der Waals surface area contributed by atoms with Crippen LogP contribution in [0.5, 0.6) is 0 Å². The monoisotopic (exact) mass is 399 g/mol. The molecule has 1 aliphatic heterocycles. The molecule has 29 heavy (non-hydrogen) atoms. The minimum absolute atomic E-state index is 0.0477. The van der Waals surface area contributed by atoms with Gasteiger partial charge in [-0.2, -0.15) is 0 Å². The Morgan fingerprint density at radius 1 is 1.07 bits per heavy atom. The summed E-state index contributed by atoms with van der Waals surface area (Å²) in [6.07, 6.45) is 5.01. The normalized spacial score (nSPS) is 23.1. The van der Waals surface area contributed by atoms with Gasteiger partial charge in [0, 0.05) is 24.2 Å². The van der Waals surface area contributed by atoms with Crippen molar-refractivity contribution >= 4 is 23.4 Å². The van der Waals surface area contributed by atoms with Gasteiger partial charge in [0.15, 0.2) is 0 Å². The molecule has 1 heterocycles. The lowest BCUT2D eigenvalue weighted by atomic mass is 9.77. The van der Waals surface area contributed by atoms with Gasteiger partial charge in [0.25, 0.3) is 0 Å². The van der Waals surface area contributed by atoms with Gasteiger partial charge >= 0.3 is 0 Å². The second-order valence-corrected chi connectivity index (χ2v) is 8.41. The van der Waals surface area contributed by atoms with Crippen molar-refractivity contribution in [2.75, 3.05) is 11.4 Å². The second-order valence-electron chi connectivity index (χ2n) is 8.41. The topological polar surface area (TPSA) is 78.5 Å². The van der Waals surface area contributed by atoms with E-state index in [1.54, 1.807) is 6.92 Å². The zero-order valence-corrected chi connectivity index (χ0v) is 17.7. The highest BCUT2D eigenvalue weighted by atomic mass is 16.2. The van der Waals surface area contributed by atoms with E-state index in [0.717, 1.165) is 37.8 Å². The molecule has 6 heteroatoms. The summed E-state index contributed by atoms with van der Waals surface area (Å²) in [4.78, 5) is 40.5. The molecule has 2 N–H and O–H groups in total. The van der Waals surface area contributed by atoms with Crippen LogP contribution in [0, 0.1) is 11.8 Å². The van der Waals surface area contributed by atoms with Crippen LogP contribution in [0.4, 0.5) is 5.69 Å². The summed E-state index contributed by atoms with van der Waals surface area (Å²) in [5.74, 6) is -1.00. The zero-order chi connectivity index (χ0) is 21.0. The Balaban J connectivity index is 1.67. The number of fused-ring (bicyclic) bond motifs is 1. The molecule has 0 spiro atoms. The van der Waals surface area contributed by atoms with E-state index in [9.17, 15) is 14.4 Å². The average Bonchev–Trinajstić information content (AvgIpc) is 3.17. The number of nitrogens with one attached hydrogen (secondary N) is 2. The lowest BCUT2D eigenvalue weighted by Crippen LogP contribution is -2.51. The third-order valence-corrected chi connectivity index (χ3v) is 6.33. The molecule has 4 unspecified atom stereocenters. The molecule has 1 saturated carbocycles. The van der Waals surface area contributed by atoms with Crippen molar-refractivity contribution in [3.63, 3.8) is 0 Å². The lowest BCUT2D eigenvalue weighted by molar-refractivity contribution is -0.137. The number of hydrogen-bond donors (Lipinski definition) is 2. The van der Waals surface area contributed by atoms with Crippen LogP contribution in [0.15, 0.2) is 24.3 Å². The van der Waals surface area contributed by atoms with Crippen molar-refractivity contribution < 1.29 is 14.4 Å². The Hall–Kier alpha value is -2.37. The van der Waals surface area contributed by atoms with E-state index >= 15 is 0 Å². The summed E-state index contributed by atoms with van der Waals surface area (Å²) < 4.78 is 0. The number of amides is 3. The molecule has 3 amide bonds. The summed E-state index contributed by atoms with van der Waals surface area (Å²) in [7, 11) is 0. The molecule has 1 aliphatic carbocycles. The smallest absolute Gasteiger partial charge is 0.242 e. The van der Waals surface area contributed by atoms with Gasteiger partial charge in [-0.15, -0.1) is 0 Å². The van der Waals surface area contributed by atoms with E-state index in [4.69, 9.17) is 0 Å². The van der Waals surface area contributed by atoms with Crippen molar-refractivity contribution in [3.8, 4) is 0 Å². The predicted octanol–water partition coefficient (Wildman–Crippen LogP) is 2.80. The fourth-order valence-electron chi connectivity index (χ4n) is 4.36. The Morgan fingerprint density at radius 3 is 2.48 bits per heavy atom. The maximum atomic E-state index is 13.3. The Labute approximate surface area is 173 Å². The molecule has 0 aromatic heterocycles. The van der Waals surface area contributed by atoms with E-state index in [1.807, 2.05) is 36.9 Å². The molecule has 1 aromatic rings. The molecule has 3 rings (SSSR count). The molecule has 2 aliphatic rings. The standard InChI is InChI=1S/C23H33N3O3/c1-4-15(2)24-21(27)16(3)25-22(28)18-10-6-7-11-19(18)23(29)26-14-13-17-9-5-8-12-20(17)26/h5,8-9,12,15-16,18-19H,4,6-7,10-11,13-14H2,1-3H3,(H,24,27)(H,25,28). The molecular weight excluding hydrogens is 366 g/mol. The third kappa shape index (κ3) is 4.80. The van der Waals surface area contributed by atoms with Crippen LogP contribution in [0.25, 0.3) is 0 Å². The number of hydrogen-bond acceptors (Lipinski definition) is 3. The summed E-state index contributed by atoms with van der Waals surface area (Å²) in [5, 5.41) is 5.75. The average molecular weight is 400 g/mol. The summed E-state index contributed by atoms with van der Waals surface area (Å²) >= 11 is 0. The van der Waals surface area contributed by atoms with Gasteiger partial charge in [0.05, 0.1) is 5.92 Å². The summed E-state index contributed by atoms with van der Waals surface area (Å²) in [5.41, 5.74) is 2.16. The maximum Gasteiger partial charge on any atom is 0.242 e. The number of anilines is 1. The Bertz CT molecular complexity index is 763. The predicted molar refractivity (Wildman–Crippen MR) is 113 cm³/mol. The van der Waals surface area contributed by atoms with Crippen LogP contribution in [-0.4, -0.2) is 36.3 Å². The van der Waals surface area contributed by atoms with E-state index in [1.165, 1.54) is 5.56 Å². The maximum absolute atomic E-state index is 13.3. The largest absolute Gasteiger partial charge is 0.352 e. The van der Waals surface area contributed by atoms with Crippen LogP contribution in [-0.2, 0) is 20.8 Å².